The lowest BCUT2D eigenvalue weighted by molar-refractivity contribution is 0.405. The zero-order valence-electron chi connectivity index (χ0n) is 14.2. The SMILES string of the molecule is Bc1ccc2oc(C3CCN(c4ncc(CC)cn4)CC3)nc2c1. The number of hydrogen-bond acceptors (Lipinski definition) is 5. The Morgan fingerprint density at radius 1 is 1.21 bits per heavy atom. The average molecular weight is 320 g/mol. The van der Waals surface area contributed by atoms with Gasteiger partial charge in [0.1, 0.15) is 13.4 Å². The number of aryl methyl sites for hydroxylation is 1. The van der Waals surface area contributed by atoms with Crippen molar-refractivity contribution in [1.29, 1.82) is 0 Å². The molecule has 24 heavy (non-hydrogen) atoms. The second-order valence-corrected chi connectivity index (χ2v) is 6.53. The van der Waals surface area contributed by atoms with E-state index in [9.17, 15) is 0 Å². The van der Waals surface area contributed by atoms with Crippen molar-refractivity contribution in [2.24, 2.45) is 0 Å². The minimum Gasteiger partial charge on any atom is -0.440 e. The van der Waals surface area contributed by atoms with Crippen molar-refractivity contribution in [2.45, 2.75) is 32.1 Å². The Kier molecular flexibility index (Phi) is 3.96. The molecule has 1 aliphatic rings. The number of benzene rings is 1. The zero-order chi connectivity index (χ0) is 16.5. The summed E-state index contributed by atoms with van der Waals surface area (Å²) >= 11 is 0. The third-order valence-corrected chi connectivity index (χ3v) is 4.79. The predicted molar refractivity (Wildman–Crippen MR) is 97.8 cm³/mol. The number of fused-ring (bicyclic) bond motifs is 1. The molecule has 1 aliphatic heterocycles. The van der Waals surface area contributed by atoms with Crippen molar-refractivity contribution < 1.29 is 4.42 Å². The van der Waals surface area contributed by atoms with E-state index in [-0.39, 0.29) is 0 Å². The fourth-order valence-corrected chi connectivity index (χ4v) is 3.25. The molecule has 0 spiro atoms. The molecule has 3 aromatic rings. The molecule has 5 nitrogen and oxygen atoms in total. The fourth-order valence-electron chi connectivity index (χ4n) is 3.25. The van der Waals surface area contributed by atoms with Gasteiger partial charge in [-0.15, -0.1) is 0 Å². The van der Waals surface area contributed by atoms with Gasteiger partial charge in [0, 0.05) is 31.4 Å². The average Bonchev–Trinajstić information content (AvgIpc) is 3.05. The quantitative estimate of drug-likeness (QED) is 0.689. The maximum absolute atomic E-state index is 5.97. The third-order valence-electron chi connectivity index (χ3n) is 4.79. The molecule has 1 fully saturated rings. The molecule has 0 N–H and O–H groups in total. The van der Waals surface area contributed by atoms with E-state index < -0.39 is 0 Å². The molecule has 122 valence electrons. The minimum absolute atomic E-state index is 0.379. The van der Waals surface area contributed by atoms with Crippen LogP contribution in [0.3, 0.4) is 0 Å². The first-order valence-corrected chi connectivity index (χ1v) is 8.66. The molecule has 2 aromatic heterocycles. The van der Waals surface area contributed by atoms with Gasteiger partial charge < -0.3 is 9.32 Å². The largest absolute Gasteiger partial charge is 0.440 e. The lowest BCUT2D eigenvalue weighted by Gasteiger charge is -2.30. The van der Waals surface area contributed by atoms with Crippen LogP contribution < -0.4 is 10.4 Å². The molecule has 0 saturated carbocycles. The summed E-state index contributed by atoms with van der Waals surface area (Å²) in [6, 6.07) is 6.16. The van der Waals surface area contributed by atoms with Crippen LogP contribution in [0.15, 0.2) is 35.0 Å². The molecule has 0 bridgehead atoms. The summed E-state index contributed by atoms with van der Waals surface area (Å²) in [6.45, 7) is 3.99. The Morgan fingerprint density at radius 3 is 2.67 bits per heavy atom. The molecule has 1 saturated heterocycles. The summed E-state index contributed by atoms with van der Waals surface area (Å²) in [5.74, 6) is 2.08. The zero-order valence-corrected chi connectivity index (χ0v) is 14.2. The monoisotopic (exact) mass is 320 g/mol. The van der Waals surface area contributed by atoms with Gasteiger partial charge in [-0.2, -0.15) is 0 Å². The van der Waals surface area contributed by atoms with E-state index in [2.05, 4.69) is 41.8 Å². The van der Waals surface area contributed by atoms with Gasteiger partial charge in [0.25, 0.3) is 0 Å². The molecular weight excluding hydrogens is 299 g/mol. The second kappa shape index (κ2) is 6.26. The Hall–Kier alpha value is -2.37. The standard InChI is InChI=1S/C18H21BN4O/c1-2-12-10-20-18(21-11-12)23-7-5-13(6-8-23)17-22-15-9-14(19)3-4-16(15)24-17/h3-4,9-11,13H,2,5-8,19H2,1H3. The van der Waals surface area contributed by atoms with Crippen LogP contribution in [-0.4, -0.2) is 35.9 Å². The maximum atomic E-state index is 5.97. The highest BCUT2D eigenvalue weighted by atomic mass is 16.3. The highest BCUT2D eigenvalue weighted by Crippen LogP contribution is 2.30. The van der Waals surface area contributed by atoms with Crippen molar-refractivity contribution in [1.82, 2.24) is 15.0 Å². The number of hydrogen-bond donors (Lipinski definition) is 0. The Balaban J connectivity index is 1.46. The van der Waals surface area contributed by atoms with E-state index in [1.807, 2.05) is 18.5 Å². The number of oxazole rings is 1. The third kappa shape index (κ3) is 2.88. The number of aromatic nitrogens is 3. The van der Waals surface area contributed by atoms with Crippen molar-refractivity contribution in [3.05, 3.63) is 42.0 Å². The number of nitrogens with zero attached hydrogens (tertiary/aromatic N) is 4. The highest BCUT2D eigenvalue weighted by molar-refractivity contribution is 6.33. The van der Waals surface area contributed by atoms with Crippen LogP contribution in [0.5, 0.6) is 0 Å². The van der Waals surface area contributed by atoms with Gasteiger partial charge in [-0.1, -0.05) is 18.5 Å². The van der Waals surface area contributed by atoms with Crippen LogP contribution in [0.25, 0.3) is 11.1 Å². The summed E-state index contributed by atoms with van der Waals surface area (Å²) in [6.07, 6.45) is 6.87. The van der Waals surface area contributed by atoms with Crippen LogP contribution in [0.2, 0.25) is 0 Å². The van der Waals surface area contributed by atoms with Gasteiger partial charge in [0.15, 0.2) is 11.5 Å². The number of piperidine rings is 1. The summed E-state index contributed by atoms with van der Waals surface area (Å²) < 4.78 is 5.97. The van der Waals surface area contributed by atoms with E-state index in [4.69, 9.17) is 9.40 Å². The van der Waals surface area contributed by atoms with Crippen molar-refractivity contribution in [3.8, 4) is 0 Å². The van der Waals surface area contributed by atoms with Gasteiger partial charge in [0.2, 0.25) is 5.95 Å². The molecule has 0 atom stereocenters. The summed E-state index contributed by atoms with van der Waals surface area (Å²) in [4.78, 5) is 15.9. The topological polar surface area (TPSA) is 55.1 Å². The van der Waals surface area contributed by atoms with E-state index in [1.54, 1.807) is 0 Å². The highest BCUT2D eigenvalue weighted by Gasteiger charge is 2.25. The molecule has 0 radical (unpaired) electrons. The molecule has 0 amide bonds. The van der Waals surface area contributed by atoms with Gasteiger partial charge in [0.05, 0.1) is 0 Å². The van der Waals surface area contributed by atoms with E-state index in [0.717, 1.165) is 55.3 Å². The molecule has 6 heteroatoms. The van der Waals surface area contributed by atoms with E-state index in [1.165, 1.54) is 11.0 Å². The van der Waals surface area contributed by atoms with Crippen molar-refractivity contribution in [3.63, 3.8) is 0 Å². The number of rotatable bonds is 3. The van der Waals surface area contributed by atoms with Gasteiger partial charge in [-0.3, -0.25) is 0 Å². The Morgan fingerprint density at radius 2 is 1.96 bits per heavy atom. The Bertz CT molecular complexity index is 838. The molecule has 4 rings (SSSR count). The predicted octanol–water partition coefficient (Wildman–Crippen LogP) is 1.82. The van der Waals surface area contributed by atoms with Crippen molar-refractivity contribution >= 4 is 30.4 Å². The normalized spacial score (nSPS) is 16.0. The molecule has 0 aliphatic carbocycles. The van der Waals surface area contributed by atoms with Crippen LogP contribution in [0.4, 0.5) is 5.95 Å². The summed E-state index contributed by atoms with van der Waals surface area (Å²) in [5.41, 5.74) is 4.24. The maximum Gasteiger partial charge on any atom is 0.225 e. The first-order chi connectivity index (χ1) is 11.7. The molecule has 0 unspecified atom stereocenters. The van der Waals surface area contributed by atoms with E-state index in [0.29, 0.717) is 5.92 Å². The van der Waals surface area contributed by atoms with Gasteiger partial charge in [-0.25, -0.2) is 15.0 Å². The van der Waals surface area contributed by atoms with Gasteiger partial charge >= 0.3 is 0 Å². The summed E-state index contributed by atoms with van der Waals surface area (Å²) in [5, 5.41) is 0. The minimum atomic E-state index is 0.379. The fraction of sp³-hybridized carbons (Fsp3) is 0.389. The van der Waals surface area contributed by atoms with Crippen molar-refractivity contribution in [2.75, 3.05) is 18.0 Å². The van der Waals surface area contributed by atoms with E-state index >= 15 is 0 Å². The first-order valence-electron chi connectivity index (χ1n) is 8.66. The molecule has 1 aromatic carbocycles. The molecular formula is C18H21BN4O. The number of anilines is 1. The Labute approximate surface area is 142 Å². The van der Waals surface area contributed by atoms with Crippen LogP contribution in [0.1, 0.15) is 37.1 Å². The molecule has 3 heterocycles. The smallest absolute Gasteiger partial charge is 0.225 e. The lowest BCUT2D eigenvalue weighted by atomic mass is 9.96. The van der Waals surface area contributed by atoms with Gasteiger partial charge in [-0.05, 0) is 37.0 Å². The van der Waals surface area contributed by atoms with Crippen LogP contribution in [0, 0.1) is 0 Å². The van der Waals surface area contributed by atoms with Crippen LogP contribution >= 0.6 is 0 Å². The second-order valence-electron chi connectivity index (χ2n) is 6.53. The lowest BCUT2D eigenvalue weighted by Crippen LogP contribution is -2.34. The first kappa shape index (κ1) is 15.2. The van der Waals surface area contributed by atoms with Crippen LogP contribution in [-0.2, 0) is 6.42 Å². The summed E-state index contributed by atoms with van der Waals surface area (Å²) in [7, 11) is 2.08.